The van der Waals surface area contributed by atoms with Gasteiger partial charge in [-0.3, -0.25) is 9.69 Å². The van der Waals surface area contributed by atoms with Crippen LogP contribution in [-0.4, -0.2) is 36.2 Å². The zero-order valence-electron chi connectivity index (χ0n) is 18.6. The van der Waals surface area contributed by atoms with Crippen LogP contribution in [0.1, 0.15) is 37.7 Å². The first-order chi connectivity index (χ1) is 15.5. The summed E-state index contributed by atoms with van der Waals surface area (Å²) in [7, 11) is 3.70. The summed E-state index contributed by atoms with van der Waals surface area (Å²) in [5, 5.41) is 1.77. The molecule has 2 aromatic rings. The Balaban J connectivity index is 1.54. The number of rotatable bonds is 3. The molecule has 0 radical (unpaired) electrons. The fraction of sp³-hybridized carbons (Fsp3) is 0.360. The Kier molecular flexibility index (Phi) is 5.95. The number of aryl methyl sites for hydroxylation is 1. The molecule has 0 spiro atoms. The number of benzene rings is 2. The first-order valence-electron chi connectivity index (χ1n) is 11.1. The summed E-state index contributed by atoms with van der Waals surface area (Å²) in [6.07, 6.45) is 5.68. The Morgan fingerprint density at radius 3 is 2.50 bits per heavy atom. The highest BCUT2D eigenvalue weighted by atomic mass is 32.2. The average Bonchev–Trinajstić information content (AvgIpc) is 3.31. The Bertz CT molecular complexity index is 1100. The lowest BCUT2D eigenvalue weighted by molar-refractivity contribution is -0.124. The van der Waals surface area contributed by atoms with E-state index < -0.39 is 0 Å². The van der Waals surface area contributed by atoms with E-state index in [1.807, 2.05) is 36.2 Å². The zero-order chi connectivity index (χ0) is 22.2. The number of aliphatic imine (C=N–C) groups is 1. The van der Waals surface area contributed by atoms with E-state index in [1.54, 1.807) is 18.9 Å². The molecule has 2 aliphatic heterocycles. The van der Waals surface area contributed by atoms with Gasteiger partial charge in [0, 0.05) is 24.1 Å². The molecular weight excluding hydrogens is 438 g/mol. The fourth-order valence-electron chi connectivity index (χ4n) is 4.44. The minimum Gasteiger partial charge on any atom is -0.497 e. The van der Waals surface area contributed by atoms with E-state index in [0.29, 0.717) is 0 Å². The molecule has 32 heavy (non-hydrogen) atoms. The predicted molar refractivity (Wildman–Crippen MR) is 134 cm³/mol. The highest BCUT2D eigenvalue weighted by Gasteiger charge is 2.42. The summed E-state index contributed by atoms with van der Waals surface area (Å²) in [5.41, 5.74) is 3.16. The van der Waals surface area contributed by atoms with Crippen molar-refractivity contribution in [3.63, 3.8) is 0 Å². The van der Waals surface area contributed by atoms with Gasteiger partial charge in [0.25, 0.3) is 5.91 Å². The summed E-state index contributed by atoms with van der Waals surface area (Å²) in [4.78, 5) is 24.7. The zero-order valence-corrected chi connectivity index (χ0v) is 20.3. The van der Waals surface area contributed by atoms with E-state index in [1.165, 1.54) is 36.6 Å². The first-order valence-corrected chi connectivity index (χ1v) is 12.7. The van der Waals surface area contributed by atoms with Gasteiger partial charge in [0.1, 0.15) is 10.7 Å². The monoisotopic (exact) mass is 465 g/mol. The number of hydrogen-bond donors (Lipinski definition) is 0. The Labute approximate surface area is 197 Å². The Morgan fingerprint density at radius 2 is 1.78 bits per heavy atom. The maximum absolute atomic E-state index is 13.8. The molecule has 5 nitrogen and oxygen atoms in total. The summed E-state index contributed by atoms with van der Waals surface area (Å²) >= 11 is 3.16. The van der Waals surface area contributed by atoms with E-state index in [0.717, 1.165) is 50.0 Å². The van der Waals surface area contributed by atoms with Crippen LogP contribution in [0.5, 0.6) is 5.75 Å². The van der Waals surface area contributed by atoms with Crippen LogP contribution in [0, 0.1) is 6.92 Å². The van der Waals surface area contributed by atoms with E-state index in [9.17, 15) is 4.79 Å². The minimum absolute atomic E-state index is 0.0851. The van der Waals surface area contributed by atoms with Crippen molar-refractivity contribution in [2.45, 2.75) is 50.0 Å². The van der Waals surface area contributed by atoms with Gasteiger partial charge in [0.2, 0.25) is 0 Å². The number of carbonyl (C=O) groups excluding carboxylic acids is 1. The number of nitrogens with zero attached hydrogens (tertiary/aromatic N) is 3. The quantitative estimate of drug-likeness (QED) is 0.497. The van der Waals surface area contributed by atoms with Crippen molar-refractivity contribution in [1.82, 2.24) is 4.90 Å². The number of methoxy groups -OCH3 is 1. The number of thioether (sulfide) groups is 2. The van der Waals surface area contributed by atoms with Gasteiger partial charge >= 0.3 is 0 Å². The number of amides is 1. The Morgan fingerprint density at radius 1 is 1.03 bits per heavy atom. The van der Waals surface area contributed by atoms with Gasteiger partial charge in [-0.2, -0.15) is 0 Å². The number of amidine groups is 1. The third-order valence-electron chi connectivity index (χ3n) is 6.24. The topological polar surface area (TPSA) is 45.1 Å². The molecule has 3 aliphatic rings. The highest BCUT2D eigenvalue weighted by Crippen LogP contribution is 2.51. The SMILES string of the molecule is COc1ccc2c(c1)N(C)C(=C1SC(=Nc3ccc(C)cc3)N(C3CCCCC3)C1=O)S2. The molecule has 5 rings (SSSR count). The second kappa shape index (κ2) is 8.87. The van der Waals surface area contributed by atoms with Crippen molar-refractivity contribution in [2.24, 2.45) is 4.99 Å². The molecule has 0 N–H and O–H groups in total. The van der Waals surface area contributed by atoms with E-state index in [4.69, 9.17) is 9.73 Å². The fourth-order valence-corrected chi connectivity index (χ4v) is 6.82. The minimum atomic E-state index is 0.0851. The summed E-state index contributed by atoms with van der Waals surface area (Å²) < 4.78 is 5.41. The largest absolute Gasteiger partial charge is 0.497 e. The second-order valence-electron chi connectivity index (χ2n) is 8.43. The third-order valence-corrected chi connectivity index (χ3v) is 8.65. The molecule has 166 valence electrons. The molecule has 1 amide bonds. The lowest BCUT2D eigenvalue weighted by atomic mass is 9.94. The molecule has 0 aromatic heterocycles. The van der Waals surface area contributed by atoms with Crippen molar-refractivity contribution in [3.05, 3.63) is 58.0 Å². The van der Waals surface area contributed by atoms with Crippen LogP contribution in [0.3, 0.4) is 0 Å². The molecule has 1 aliphatic carbocycles. The van der Waals surface area contributed by atoms with Crippen LogP contribution >= 0.6 is 23.5 Å². The van der Waals surface area contributed by atoms with Gasteiger partial charge in [-0.05, 0) is 55.8 Å². The van der Waals surface area contributed by atoms with E-state index >= 15 is 0 Å². The first kappa shape index (κ1) is 21.5. The molecule has 0 atom stereocenters. The van der Waals surface area contributed by atoms with E-state index in [-0.39, 0.29) is 11.9 Å². The van der Waals surface area contributed by atoms with Crippen molar-refractivity contribution in [2.75, 3.05) is 19.1 Å². The summed E-state index contributed by atoms with van der Waals surface area (Å²) in [6, 6.07) is 14.5. The second-order valence-corrected chi connectivity index (χ2v) is 10.4. The standard InChI is InChI=1S/C25H27N3O2S2/c1-16-9-11-17(12-10-16)26-25-28(18-7-5-4-6-8-18)23(29)22(32-25)24-27(2)20-15-19(30-3)13-14-21(20)31-24/h9-15,18H,4-8H2,1-3H3. The normalized spacial score (nSPS) is 22.7. The van der Waals surface area contributed by atoms with Crippen molar-refractivity contribution in [3.8, 4) is 5.75 Å². The van der Waals surface area contributed by atoms with Crippen LogP contribution in [0.25, 0.3) is 0 Å². The van der Waals surface area contributed by atoms with Crippen LogP contribution in [0.4, 0.5) is 11.4 Å². The van der Waals surface area contributed by atoms with Gasteiger partial charge in [0.05, 0.1) is 23.5 Å². The summed E-state index contributed by atoms with van der Waals surface area (Å²) in [6.45, 7) is 2.07. The number of hydrogen-bond acceptors (Lipinski definition) is 6. The lowest BCUT2D eigenvalue weighted by Gasteiger charge is -2.30. The molecule has 1 saturated heterocycles. The maximum atomic E-state index is 13.8. The van der Waals surface area contributed by atoms with Gasteiger partial charge in [0.15, 0.2) is 5.17 Å². The lowest BCUT2D eigenvalue weighted by Crippen LogP contribution is -2.40. The highest BCUT2D eigenvalue weighted by molar-refractivity contribution is 8.19. The molecule has 2 aromatic carbocycles. The molecular formula is C25H27N3O2S2. The van der Waals surface area contributed by atoms with Crippen molar-refractivity contribution < 1.29 is 9.53 Å². The van der Waals surface area contributed by atoms with Gasteiger partial charge in [-0.15, -0.1) is 0 Å². The smallest absolute Gasteiger partial charge is 0.269 e. The molecule has 1 saturated carbocycles. The number of fused-ring (bicyclic) bond motifs is 1. The molecule has 2 heterocycles. The molecule has 2 fully saturated rings. The third kappa shape index (κ3) is 3.92. The Hall–Kier alpha value is -2.38. The van der Waals surface area contributed by atoms with Crippen molar-refractivity contribution in [1.29, 1.82) is 0 Å². The molecule has 0 bridgehead atoms. The van der Waals surface area contributed by atoms with Crippen LogP contribution in [0.15, 0.2) is 62.3 Å². The van der Waals surface area contributed by atoms with Gasteiger partial charge < -0.3 is 9.64 Å². The van der Waals surface area contributed by atoms with E-state index in [2.05, 4.69) is 30.0 Å². The molecule has 7 heteroatoms. The predicted octanol–water partition coefficient (Wildman–Crippen LogP) is 6.31. The molecule has 0 unspecified atom stereocenters. The van der Waals surface area contributed by atoms with Crippen LogP contribution in [-0.2, 0) is 4.79 Å². The number of anilines is 1. The van der Waals surface area contributed by atoms with Crippen LogP contribution < -0.4 is 9.64 Å². The number of ether oxygens (including phenoxy) is 1. The van der Waals surface area contributed by atoms with Crippen molar-refractivity contribution >= 4 is 46.0 Å². The number of carbonyl (C=O) groups is 1. The average molecular weight is 466 g/mol. The van der Waals surface area contributed by atoms with Gasteiger partial charge in [-0.1, -0.05) is 48.7 Å². The maximum Gasteiger partial charge on any atom is 0.269 e. The summed E-state index contributed by atoms with van der Waals surface area (Å²) in [5.74, 6) is 0.903. The van der Waals surface area contributed by atoms with Gasteiger partial charge in [-0.25, -0.2) is 4.99 Å². The van der Waals surface area contributed by atoms with Crippen LogP contribution in [0.2, 0.25) is 0 Å².